The van der Waals surface area contributed by atoms with Gasteiger partial charge in [0, 0.05) is 6.54 Å². The van der Waals surface area contributed by atoms with Crippen molar-refractivity contribution in [3.63, 3.8) is 0 Å². The Morgan fingerprint density at radius 2 is 1.73 bits per heavy atom. The second kappa shape index (κ2) is 8.52. The van der Waals surface area contributed by atoms with Gasteiger partial charge in [-0.15, -0.1) is 0 Å². The topological polar surface area (TPSA) is 56.2 Å². The van der Waals surface area contributed by atoms with Crippen molar-refractivity contribution in [1.29, 1.82) is 0 Å². The summed E-state index contributed by atoms with van der Waals surface area (Å²) >= 11 is 0. The van der Waals surface area contributed by atoms with E-state index in [0.29, 0.717) is 10.2 Å². The summed E-state index contributed by atoms with van der Waals surface area (Å²) in [5.74, 6) is -1.03. The molecule has 10 heteroatoms. The van der Waals surface area contributed by atoms with Crippen LogP contribution in [-0.2, 0) is 12.7 Å². The van der Waals surface area contributed by atoms with Gasteiger partial charge in [0.2, 0.25) is 0 Å². The van der Waals surface area contributed by atoms with Crippen LogP contribution < -0.4 is 10.1 Å². The smallest absolute Gasteiger partial charge is 0.434 e. The highest BCUT2D eigenvalue weighted by atomic mass is 19.4. The maximum Gasteiger partial charge on any atom is 0.434 e. The van der Waals surface area contributed by atoms with Crippen LogP contribution in [0.3, 0.4) is 0 Å². The van der Waals surface area contributed by atoms with E-state index in [1.54, 1.807) is 19.1 Å². The van der Waals surface area contributed by atoms with Crippen molar-refractivity contribution in [2.24, 2.45) is 0 Å². The molecule has 0 unspecified atom stereocenters. The fourth-order valence-corrected chi connectivity index (χ4v) is 2.74. The number of benzene rings is 2. The minimum absolute atomic E-state index is 0.0705. The van der Waals surface area contributed by atoms with Crippen LogP contribution >= 0.6 is 0 Å². The summed E-state index contributed by atoms with van der Waals surface area (Å²) < 4.78 is 70.2. The molecule has 1 aromatic heterocycles. The molecular formula is C20H16F5N3O2. The fraction of sp³-hybridized carbons (Fsp3) is 0.200. The average Bonchev–Trinajstić information content (AvgIpc) is 3.13. The summed E-state index contributed by atoms with van der Waals surface area (Å²) in [4.78, 5) is 12.4. The van der Waals surface area contributed by atoms with E-state index in [0.717, 1.165) is 11.8 Å². The molecule has 0 aliphatic rings. The zero-order valence-corrected chi connectivity index (χ0v) is 15.6. The highest BCUT2D eigenvalue weighted by molar-refractivity contribution is 5.95. The molecule has 2 aromatic carbocycles. The van der Waals surface area contributed by atoms with Crippen molar-refractivity contribution in [1.82, 2.24) is 15.1 Å². The van der Waals surface area contributed by atoms with Crippen molar-refractivity contribution in [3.05, 3.63) is 77.1 Å². The molecule has 0 saturated heterocycles. The van der Waals surface area contributed by atoms with E-state index < -0.39 is 30.0 Å². The summed E-state index contributed by atoms with van der Waals surface area (Å²) in [6.07, 6.45) is -3.96. The maximum absolute atomic E-state index is 13.7. The quantitative estimate of drug-likeness (QED) is 0.581. The van der Waals surface area contributed by atoms with Crippen molar-refractivity contribution in [2.45, 2.75) is 26.3 Å². The molecule has 3 rings (SSSR count). The van der Waals surface area contributed by atoms with Crippen LogP contribution in [0.5, 0.6) is 5.75 Å². The minimum atomic E-state index is -4.82. The number of aromatic nitrogens is 2. The second-order valence-electron chi connectivity index (χ2n) is 6.36. The standard InChI is InChI=1S/C20H16F5N3O2/c1-12-2-6-14(7-3-12)28-17(20(23,24)25)16(11-27-28)18(29)26-10-13-4-8-15(9-5-13)30-19(21)22/h2-9,11,19H,10H2,1H3,(H,26,29). The highest BCUT2D eigenvalue weighted by Crippen LogP contribution is 2.33. The van der Waals surface area contributed by atoms with Gasteiger partial charge in [0.1, 0.15) is 5.75 Å². The van der Waals surface area contributed by atoms with E-state index >= 15 is 0 Å². The number of amides is 1. The van der Waals surface area contributed by atoms with Crippen molar-refractivity contribution in [2.75, 3.05) is 0 Å². The Hall–Kier alpha value is -3.43. The lowest BCUT2D eigenvalue weighted by Gasteiger charge is -2.13. The van der Waals surface area contributed by atoms with Gasteiger partial charge < -0.3 is 10.1 Å². The van der Waals surface area contributed by atoms with Gasteiger partial charge in [-0.05, 0) is 36.8 Å². The third kappa shape index (κ3) is 4.94. The summed E-state index contributed by atoms with van der Waals surface area (Å²) in [5.41, 5.74) is -0.293. The zero-order chi connectivity index (χ0) is 21.9. The van der Waals surface area contributed by atoms with E-state index in [4.69, 9.17) is 0 Å². The Balaban J connectivity index is 1.79. The van der Waals surface area contributed by atoms with Gasteiger partial charge in [0.05, 0.1) is 17.4 Å². The molecule has 0 aliphatic carbocycles. The predicted molar refractivity (Wildman–Crippen MR) is 97.5 cm³/mol. The number of hydrogen-bond acceptors (Lipinski definition) is 3. The lowest BCUT2D eigenvalue weighted by molar-refractivity contribution is -0.143. The fourth-order valence-electron chi connectivity index (χ4n) is 2.74. The van der Waals surface area contributed by atoms with Gasteiger partial charge >= 0.3 is 12.8 Å². The zero-order valence-electron chi connectivity index (χ0n) is 15.6. The first-order chi connectivity index (χ1) is 14.1. The Morgan fingerprint density at radius 3 is 2.30 bits per heavy atom. The molecule has 3 aromatic rings. The Morgan fingerprint density at radius 1 is 1.10 bits per heavy atom. The highest BCUT2D eigenvalue weighted by Gasteiger charge is 2.40. The molecule has 0 spiro atoms. The number of rotatable bonds is 6. The van der Waals surface area contributed by atoms with Crippen molar-refractivity contribution < 1.29 is 31.5 Å². The molecule has 5 nitrogen and oxygen atoms in total. The second-order valence-corrected chi connectivity index (χ2v) is 6.36. The number of nitrogens with one attached hydrogen (secondary N) is 1. The Kier molecular flexibility index (Phi) is 6.04. The van der Waals surface area contributed by atoms with Crippen LogP contribution in [-0.4, -0.2) is 22.3 Å². The number of carbonyl (C=O) groups excluding carboxylic acids is 1. The number of aryl methyl sites for hydroxylation is 1. The summed E-state index contributed by atoms with van der Waals surface area (Å²) in [5, 5.41) is 6.13. The molecule has 0 saturated carbocycles. The Labute approximate surface area is 168 Å². The Bertz CT molecular complexity index is 1010. The summed E-state index contributed by atoms with van der Waals surface area (Å²) in [6.45, 7) is -1.29. The number of hydrogen-bond donors (Lipinski definition) is 1. The number of alkyl halides is 5. The van der Waals surface area contributed by atoms with E-state index in [2.05, 4.69) is 15.2 Å². The van der Waals surface area contributed by atoms with Crippen LogP contribution in [0, 0.1) is 6.92 Å². The van der Waals surface area contributed by atoms with Crippen molar-refractivity contribution >= 4 is 5.91 Å². The first-order valence-corrected chi connectivity index (χ1v) is 8.69. The van der Waals surface area contributed by atoms with Crippen LogP contribution in [0.25, 0.3) is 5.69 Å². The van der Waals surface area contributed by atoms with E-state index in [1.165, 1.54) is 36.4 Å². The molecule has 30 heavy (non-hydrogen) atoms. The molecule has 0 aliphatic heterocycles. The summed E-state index contributed by atoms with van der Waals surface area (Å²) in [6, 6.07) is 11.6. The molecule has 0 atom stereocenters. The van der Waals surface area contributed by atoms with Gasteiger partial charge in [-0.2, -0.15) is 27.1 Å². The molecule has 0 fully saturated rings. The molecule has 1 amide bonds. The third-order valence-corrected chi connectivity index (χ3v) is 4.16. The lowest BCUT2D eigenvalue weighted by Crippen LogP contribution is -2.26. The molecule has 1 N–H and O–H groups in total. The first kappa shape index (κ1) is 21.3. The van der Waals surface area contributed by atoms with Gasteiger partial charge in [0.15, 0.2) is 5.69 Å². The number of nitrogens with zero attached hydrogens (tertiary/aromatic N) is 2. The largest absolute Gasteiger partial charge is 0.435 e. The lowest BCUT2D eigenvalue weighted by atomic mass is 10.2. The van der Waals surface area contributed by atoms with Crippen molar-refractivity contribution in [3.8, 4) is 11.4 Å². The van der Waals surface area contributed by atoms with Gasteiger partial charge in [-0.3, -0.25) is 4.79 Å². The van der Waals surface area contributed by atoms with Gasteiger partial charge in [-0.1, -0.05) is 29.8 Å². The average molecular weight is 425 g/mol. The molecule has 1 heterocycles. The van der Waals surface area contributed by atoms with E-state index in [-0.39, 0.29) is 18.0 Å². The van der Waals surface area contributed by atoms with Gasteiger partial charge in [0.25, 0.3) is 5.91 Å². The molecular weight excluding hydrogens is 409 g/mol. The van der Waals surface area contributed by atoms with E-state index in [9.17, 15) is 26.7 Å². The monoisotopic (exact) mass is 425 g/mol. The van der Waals surface area contributed by atoms with Gasteiger partial charge in [-0.25, -0.2) is 4.68 Å². The first-order valence-electron chi connectivity index (χ1n) is 8.69. The maximum atomic E-state index is 13.7. The summed E-state index contributed by atoms with van der Waals surface area (Å²) in [7, 11) is 0. The number of carbonyl (C=O) groups is 1. The molecule has 0 radical (unpaired) electrons. The van der Waals surface area contributed by atoms with Crippen LogP contribution in [0.15, 0.2) is 54.7 Å². The van der Waals surface area contributed by atoms with Crippen LogP contribution in [0.1, 0.15) is 27.2 Å². The minimum Gasteiger partial charge on any atom is -0.435 e. The third-order valence-electron chi connectivity index (χ3n) is 4.16. The number of ether oxygens (including phenoxy) is 1. The van der Waals surface area contributed by atoms with Crippen LogP contribution in [0.4, 0.5) is 22.0 Å². The molecule has 158 valence electrons. The SMILES string of the molecule is Cc1ccc(-n2ncc(C(=O)NCc3ccc(OC(F)F)cc3)c2C(F)(F)F)cc1. The van der Waals surface area contributed by atoms with E-state index in [1.807, 2.05) is 0 Å². The predicted octanol–water partition coefficient (Wildman–Crippen LogP) is 4.73. The normalized spacial score (nSPS) is 11.6. The van der Waals surface area contributed by atoms with Crippen LogP contribution in [0.2, 0.25) is 0 Å². The molecule has 0 bridgehead atoms. The number of halogens is 5.